The first-order valence-corrected chi connectivity index (χ1v) is 6.34. The van der Waals surface area contributed by atoms with Gasteiger partial charge in [-0.15, -0.1) is 0 Å². The quantitative estimate of drug-likeness (QED) is 0.915. The highest BCUT2D eigenvalue weighted by Gasteiger charge is 2.27. The van der Waals surface area contributed by atoms with Crippen molar-refractivity contribution in [3.05, 3.63) is 47.3 Å². The van der Waals surface area contributed by atoms with Gasteiger partial charge in [0.1, 0.15) is 17.3 Å². The van der Waals surface area contributed by atoms with E-state index in [-0.39, 0.29) is 5.56 Å². The highest BCUT2D eigenvalue weighted by Crippen LogP contribution is 2.32. The molecule has 1 N–H and O–H groups in total. The van der Waals surface area contributed by atoms with Gasteiger partial charge in [0.15, 0.2) is 5.75 Å². The third-order valence-corrected chi connectivity index (χ3v) is 3.21. The molecule has 0 saturated heterocycles. The Kier molecular flexibility index (Phi) is 4.34. The van der Waals surface area contributed by atoms with Crippen LogP contribution in [0.15, 0.2) is 24.4 Å². The van der Waals surface area contributed by atoms with Crippen LogP contribution in [0.5, 0.6) is 5.75 Å². The van der Waals surface area contributed by atoms with Gasteiger partial charge in [-0.25, -0.2) is 8.78 Å². The van der Waals surface area contributed by atoms with Gasteiger partial charge in [-0.1, -0.05) is 6.07 Å². The molecule has 6 heteroatoms. The maximum atomic E-state index is 14.0. The maximum absolute atomic E-state index is 14.0. The summed E-state index contributed by atoms with van der Waals surface area (Å²) in [6.07, 6.45) is 1.54. The first-order valence-electron chi connectivity index (χ1n) is 6.34. The third kappa shape index (κ3) is 2.38. The zero-order valence-corrected chi connectivity index (χ0v) is 11.7. The topological polar surface area (TPSA) is 39.1 Å². The van der Waals surface area contributed by atoms with E-state index in [0.29, 0.717) is 18.0 Å². The Balaban J connectivity index is 2.61. The number of halogens is 2. The molecule has 4 nitrogen and oxygen atoms in total. The molecule has 0 saturated carbocycles. The lowest BCUT2D eigenvalue weighted by Crippen LogP contribution is -2.24. The van der Waals surface area contributed by atoms with Crippen LogP contribution in [0.2, 0.25) is 0 Å². The zero-order valence-electron chi connectivity index (χ0n) is 11.7. The standard InChI is InChI=1S/C14H17F2N3O/c1-4-19-14(11(20-3)8-18-19)13(17-2)12-9(15)6-5-7-10(12)16/h5-8,13,17H,4H2,1-3H3. The Labute approximate surface area is 116 Å². The van der Waals surface area contributed by atoms with E-state index >= 15 is 0 Å². The summed E-state index contributed by atoms with van der Waals surface area (Å²) in [5.74, 6) is -0.709. The number of nitrogens with one attached hydrogen (secondary N) is 1. The molecule has 0 bridgehead atoms. The molecular weight excluding hydrogens is 264 g/mol. The van der Waals surface area contributed by atoms with E-state index < -0.39 is 17.7 Å². The van der Waals surface area contributed by atoms with Crippen molar-refractivity contribution < 1.29 is 13.5 Å². The highest BCUT2D eigenvalue weighted by atomic mass is 19.1. The molecule has 1 aromatic carbocycles. The number of rotatable bonds is 5. The molecule has 0 aliphatic rings. The van der Waals surface area contributed by atoms with Gasteiger partial charge in [-0.3, -0.25) is 4.68 Å². The Morgan fingerprint density at radius 1 is 1.35 bits per heavy atom. The summed E-state index contributed by atoms with van der Waals surface area (Å²) in [6, 6.07) is 3.15. The minimum atomic E-state index is -0.673. The van der Waals surface area contributed by atoms with Crippen molar-refractivity contribution in [1.82, 2.24) is 15.1 Å². The molecule has 0 aliphatic heterocycles. The number of aryl methyl sites for hydroxylation is 1. The van der Waals surface area contributed by atoms with Gasteiger partial charge < -0.3 is 10.1 Å². The number of hydrogen-bond acceptors (Lipinski definition) is 3. The van der Waals surface area contributed by atoms with Crippen molar-refractivity contribution in [2.45, 2.75) is 19.5 Å². The smallest absolute Gasteiger partial charge is 0.161 e. The van der Waals surface area contributed by atoms with Crippen molar-refractivity contribution in [2.75, 3.05) is 14.2 Å². The molecule has 0 aliphatic carbocycles. The summed E-state index contributed by atoms with van der Waals surface area (Å²) in [6.45, 7) is 2.48. The molecule has 2 aromatic rings. The Morgan fingerprint density at radius 2 is 2.00 bits per heavy atom. The second-order valence-electron chi connectivity index (χ2n) is 4.27. The van der Waals surface area contributed by atoms with E-state index in [1.807, 2.05) is 6.92 Å². The average molecular weight is 281 g/mol. The molecule has 20 heavy (non-hydrogen) atoms. The molecule has 1 unspecified atom stereocenters. The highest BCUT2D eigenvalue weighted by molar-refractivity contribution is 5.37. The predicted octanol–water partition coefficient (Wildman–Crippen LogP) is 2.50. The largest absolute Gasteiger partial charge is 0.493 e. The van der Waals surface area contributed by atoms with Crippen LogP contribution >= 0.6 is 0 Å². The van der Waals surface area contributed by atoms with E-state index in [0.717, 1.165) is 0 Å². The van der Waals surface area contributed by atoms with Crippen molar-refractivity contribution in [3.63, 3.8) is 0 Å². The normalized spacial score (nSPS) is 12.4. The van der Waals surface area contributed by atoms with Gasteiger partial charge in [0.05, 0.1) is 19.3 Å². The zero-order chi connectivity index (χ0) is 14.7. The number of ether oxygens (including phenoxy) is 1. The van der Waals surface area contributed by atoms with Crippen LogP contribution in [0, 0.1) is 11.6 Å². The number of aromatic nitrogens is 2. The van der Waals surface area contributed by atoms with Gasteiger partial charge in [-0.2, -0.15) is 5.10 Å². The van der Waals surface area contributed by atoms with Crippen LogP contribution in [-0.2, 0) is 6.54 Å². The van der Waals surface area contributed by atoms with Crippen LogP contribution in [0.25, 0.3) is 0 Å². The molecule has 108 valence electrons. The molecular formula is C14H17F2N3O. The first-order chi connectivity index (χ1) is 9.63. The molecule has 1 atom stereocenters. The summed E-state index contributed by atoms with van der Waals surface area (Å²) in [4.78, 5) is 0. The Morgan fingerprint density at radius 3 is 2.50 bits per heavy atom. The summed E-state index contributed by atoms with van der Waals surface area (Å²) in [5, 5.41) is 7.10. The molecule has 1 heterocycles. The minimum absolute atomic E-state index is 0.0384. The first kappa shape index (κ1) is 14.5. The molecule has 0 spiro atoms. The van der Waals surface area contributed by atoms with Gasteiger partial charge >= 0.3 is 0 Å². The lowest BCUT2D eigenvalue weighted by molar-refractivity contribution is 0.398. The lowest BCUT2D eigenvalue weighted by Gasteiger charge is -2.20. The van der Waals surface area contributed by atoms with E-state index in [4.69, 9.17) is 4.74 Å². The average Bonchev–Trinajstić information content (AvgIpc) is 2.85. The molecule has 2 rings (SSSR count). The third-order valence-electron chi connectivity index (χ3n) is 3.21. The van der Waals surface area contributed by atoms with E-state index in [1.54, 1.807) is 17.9 Å². The van der Waals surface area contributed by atoms with E-state index in [9.17, 15) is 8.78 Å². The van der Waals surface area contributed by atoms with Crippen molar-refractivity contribution in [1.29, 1.82) is 0 Å². The molecule has 0 amide bonds. The van der Waals surface area contributed by atoms with Crippen molar-refractivity contribution in [2.24, 2.45) is 0 Å². The molecule has 0 radical (unpaired) electrons. The fourth-order valence-corrected chi connectivity index (χ4v) is 2.28. The molecule has 0 fully saturated rings. The van der Waals surface area contributed by atoms with Crippen molar-refractivity contribution >= 4 is 0 Å². The maximum Gasteiger partial charge on any atom is 0.161 e. The summed E-state index contributed by atoms with van der Waals surface area (Å²) < 4.78 is 34.9. The van der Waals surface area contributed by atoms with Gasteiger partial charge in [-0.05, 0) is 26.1 Å². The fourth-order valence-electron chi connectivity index (χ4n) is 2.28. The van der Waals surface area contributed by atoms with Crippen LogP contribution in [0.3, 0.4) is 0 Å². The fraction of sp³-hybridized carbons (Fsp3) is 0.357. The second-order valence-corrected chi connectivity index (χ2v) is 4.27. The van der Waals surface area contributed by atoms with Gasteiger partial charge in [0, 0.05) is 12.1 Å². The SMILES string of the molecule is CCn1ncc(OC)c1C(NC)c1c(F)cccc1F. The van der Waals surface area contributed by atoms with Crippen LogP contribution in [0.4, 0.5) is 8.78 Å². The number of hydrogen-bond donors (Lipinski definition) is 1. The summed E-state index contributed by atoms with van der Waals surface area (Å²) in [7, 11) is 3.15. The van der Waals surface area contributed by atoms with Crippen LogP contribution in [0.1, 0.15) is 24.2 Å². The van der Waals surface area contributed by atoms with Crippen LogP contribution in [-0.4, -0.2) is 23.9 Å². The van der Waals surface area contributed by atoms with Crippen LogP contribution < -0.4 is 10.1 Å². The molecule has 1 aromatic heterocycles. The minimum Gasteiger partial charge on any atom is -0.493 e. The number of methoxy groups -OCH3 is 1. The summed E-state index contributed by atoms with van der Waals surface area (Å²) >= 11 is 0. The Bertz CT molecular complexity index is 556. The lowest BCUT2D eigenvalue weighted by atomic mass is 10.0. The van der Waals surface area contributed by atoms with Crippen molar-refractivity contribution in [3.8, 4) is 5.75 Å². The summed E-state index contributed by atoms with van der Waals surface area (Å²) in [5.41, 5.74) is 0.560. The predicted molar refractivity (Wildman–Crippen MR) is 71.7 cm³/mol. The Hall–Kier alpha value is -1.95. The van der Waals surface area contributed by atoms with Gasteiger partial charge in [0.25, 0.3) is 0 Å². The monoisotopic (exact) mass is 281 g/mol. The number of nitrogens with zero attached hydrogens (tertiary/aromatic N) is 2. The number of benzene rings is 1. The van der Waals surface area contributed by atoms with E-state index in [1.165, 1.54) is 25.3 Å². The van der Waals surface area contributed by atoms with E-state index in [2.05, 4.69) is 10.4 Å². The van der Waals surface area contributed by atoms with Gasteiger partial charge in [0.2, 0.25) is 0 Å². The second kappa shape index (κ2) is 6.00.